The second kappa shape index (κ2) is 4.98. The third kappa shape index (κ3) is 2.48. The van der Waals surface area contributed by atoms with Crippen molar-refractivity contribution in [1.82, 2.24) is 30.4 Å². The lowest BCUT2D eigenvalue weighted by molar-refractivity contribution is 0.600. The number of hydrogen-bond acceptors (Lipinski definition) is 6. The van der Waals surface area contributed by atoms with E-state index in [9.17, 15) is 8.42 Å². The van der Waals surface area contributed by atoms with Crippen molar-refractivity contribution >= 4 is 15.7 Å². The van der Waals surface area contributed by atoms with Crippen molar-refractivity contribution in [3.8, 4) is 5.69 Å². The molecule has 1 aromatic carbocycles. The molecule has 0 aliphatic rings. The first-order chi connectivity index (χ1) is 10.1. The van der Waals surface area contributed by atoms with E-state index in [0.29, 0.717) is 17.1 Å². The number of aromatic nitrogens is 6. The molecule has 0 radical (unpaired) electrons. The molecule has 10 heteroatoms. The van der Waals surface area contributed by atoms with Crippen LogP contribution in [-0.4, -0.2) is 38.8 Å². The Morgan fingerprint density at radius 1 is 1.29 bits per heavy atom. The van der Waals surface area contributed by atoms with Crippen molar-refractivity contribution in [3.05, 3.63) is 42.5 Å². The molecule has 0 spiro atoms. The number of nitrogens with zero attached hydrogens (tertiary/aromatic N) is 5. The molecule has 108 valence electrons. The minimum Gasteiger partial charge on any atom is -0.281 e. The van der Waals surface area contributed by atoms with Crippen LogP contribution in [0.25, 0.3) is 5.69 Å². The topological polar surface area (TPSA) is 118 Å². The van der Waals surface area contributed by atoms with E-state index in [0.717, 1.165) is 0 Å². The lowest BCUT2D eigenvalue weighted by atomic mass is 10.3. The molecule has 0 bridgehead atoms. The summed E-state index contributed by atoms with van der Waals surface area (Å²) in [6.45, 7) is 1.63. The monoisotopic (exact) mass is 305 g/mol. The van der Waals surface area contributed by atoms with Gasteiger partial charge in [0.1, 0.15) is 11.2 Å². The highest BCUT2D eigenvalue weighted by Crippen LogP contribution is 2.23. The van der Waals surface area contributed by atoms with Crippen molar-refractivity contribution in [2.45, 2.75) is 11.8 Å². The molecule has 3 aromatic rings. The molecule has 2 aromatic heterocycles. The number of hydrogen-bond donors (Lipinski definition) is 2. The molecule has 9 nitrogen and oxygen atoms in total. The highest BCUT2D eigenvalue weighted by atomic mass is 32.2. The molecular weight excluding hydrogens is 294 g/mol. The van der Waals surface area contributed by atoms with Crippen LogP contribution in [0.5, 0.6) is 0 Å². The van der Waals surface area contributed by atoms with Crippen LogP contribution in [-0.2, 0) is 10.0 Å². The van der Waals surface area contributed by atoms with Gasteiger partial charge in [-0.15, -0.1) is 5.10 Å². The third-order valence-corrected chi connectivity index (χ3v) is 4.30. The molecule has 2 N–H and O–H groups in total. The molecule has 0 aliphatic carbocycles. The Bertz CT molecular complexity index is 854. The Morgan fingerprint density at radius 3 is 2.76 bits per heavy atom. The van der Waals surface area contributed by atoms with Crippen molar-refractivity contribution < 1.29 is 8.42 Å². The van der Waals surface area contributed by atoms with E-state index in [2.05, 4.69) is 30.4 Å². The van der Waals surface area contributed by atoms with E-state index in [4.69, 9.17) is 0 Å². The fraction of sp³-hybridized carbons (Fsp3) is 0.0909. The maximum Gasteiger partial charge on any atom is 0.265 e. The summed E-state index contributed by atoms with van der Waals surface area (Å²) in [5.74, 6) is 0. The van der Waals surface area contributed by atoms with Gasteiger partial charge in [-0.25, -0.2) is 8.42 Å². The molecule has 2 heterocycles. The average Bonchev–Trinajstić information content (AvgIpc) is 3.10. The summed E-state index contributed by atoms with van der Waals surface area (Å²) in [6.07, 6.45) is 2.65. The van der Waals surface area contributed by atoms with Gasteiger partial charge in [0.15, 0.2) is 0 Å². The van der Waals surface area contributed by atoms with Gasteiger partial charge in [0.05, 0.1) is 23.3 Å². The van der Waals surface area contributed by atoms with Crippen LogP contribution in [0.15, 0.2) is 41.7 Å². The molecule has 3 rings (SSSR count). The molecule has 0 amide bonds. The van der Waals surface area contributed by atoms with E-state index in [1.54, 1.807) is 31.2 Å². The van der Waals surface area contributed by atoms with Gasteiger partial charge >= 0.3 is 0 Å². The number of nitrogens with one attached hydrogen (secondary N) is 2. The molecule has 0 fully saturated rings. The maximum atomic E-state index is 12.4. The largest absolute Gasteiger partial charge is 0.281 e. The average molecular weight is 305 g/mol. The van der Waals surface area contributed by atoms with E-state index in [-0.39, 0.29) is 4.90 Å². The Labute approximate surface area is 120 Å². The second-order valence-electron chi connectivity index (χ2n) is 4.24. The van der Waals surface area contributed by atoms with Gasteiger partial charge in [-0.05, 0) is 29.5 Å². The van der Waals surface area contributed by atoms with Gasteiger partial charge in [-0.3, -0.25) is 9.82 Å². The quantitative estimate of drug-likeness (QED) is 0.724. The summed E-state index contributed by atoms with van der Waals surface area (Å²) in [4.78, 5) is 0.0917. The Hall–Kier alpha value is -2.75. The number of aryl methyl sites for hydroxylation is 1. The third-order valence-electron chi connectivity index (χ3n) is 2.82. The van der Waals surface area contributed by atoms with Crippen LogP contribution in [0, 0.1) is 6.92 Å². The van der Waals surface area contributed by atoms with Crippen LogP contribution in [0.3, 0.4) is 0 Å². The first-order valence-corrected chi connectivity index (χ1v) is 7.41. The number of rotatable bonds is 4. The van der Waals surface area contributed by atoms with Crippen LogP contribution in [0.2, 0.25) is 0 Å². The summed E-state index contributed by atoms with van der Waals surface area (Å²) in [5.41, 5.74) is 1.35. The van der Waals surface area contributed by atoms with Gasteiger partial charge in [0.25, 0.3) is 10.0 Å². The minimum atomic E-state index is -3.74. The predicted octanol–water partition coefficient (Wildman–Crippen LogP) is 0.495. The van der Waals surface area contributed by atoms with Crippen LogP contribution < -0.4 is 4.72 Å². The molecule has 0 atom stereocenters. The Balaban J connectivity index is 2.02. The summed E-state index contributed by atoms with van der Waals surface area (Å²) < 4.78 is 28.6. The van der Waals surface area contributed by atoms with Crippen molar-refractivity contribution in [2.24, 2.45) is 0 Å². The van der Waals surface area contributed by atoms with Gasteiger partial charge in [-0.2, -0.15) is 9.78 Å². The number of sulfonamides is 1. The van der Waals surface area contributed by atoms with Crippen LogP contribution in [0.1, 0.15) is 5.69 Å². The molecule has 0 saturated heterocycles. The highest BCUT2D eigenvalue weighted by Gasteiger charge is 2.20. The lowest BCUT2D eigenvalue weighted by Gasteiger charge is -2.11. The SMILES string of the molecule is Cc1[nH]ncc1S(=O)(=O)Nc1ccccc1-n1cnnn1. The summed E-state index contributed by atoms with van der Waals surface area (Å²) in [7, 11) is -3.74. The predicted molar refractivity (Wildman–Crippen MR) is 73.3 cm³/mol. The van der Waals surface area contributed by atoms with E-state index < -0.39 is 10.0 Å². The fourth-order valence-corrected chi connectivity index (χ4v) is 3.05. The zero-order valence-corrected chi connectivity index (χ0v) is 11.7. The maximum absolute atomic E-state index is 12.4. The molecule has 0 unspecified atom stereocenters. The molecular formula is C11H11N7O2S. The van der Waals surface area contributed by atoms with Crippen molar-refractivity contribution in [1.29, 1.82) is 0 Å². The number of H-pyrrole nitrogens is 1. The van der Waals surface area contributed by atoms with Crippen molar-refractivity contribution in [2.75, 3.05) is 4.72 Å². The van der Waals surface area contributed by atoms with Crippen molar-refractivity contribution in [3.63, 3.8) is 0 Å². The Kier molecular flexibility index (Phi) is 3.14. The smallest absolute Gasteiger partial charge is 0.265 e. The van der Waals surface area contributed by atoms with Gasteiger partial charge < -0.3 is 0 Å². The fourth-order valence-electron chi connectivity index (χ4n) is 1.84. The summed E-state index contributed by atoms with van der Waals surface area (Å²) in [6, 6.07) is 6.81. The number of aromatic amines is 1. The number of anilines is 1. The number of tetrazole rings is 1. The normalized spacial score (nSPS) is 11.5. The Morgan fingerprint density at radius 2 is 2.10 bits per heavy atom. The van der Waals surface area contributed by atoms with E-state index in [1.807, 2.05) is 0 Å². The van der Waals surface area contributed by atoms with Gasteiger partial charge in [0.2, 0.25) is 0 Å². The molecule has 0 aliphatic heterocycles. The van der Waals surface area contributed by atoms with E-state index >= 15 is 0 Å². The summed E-state index contributed by atoms with van der Waals surface area (Å²) in [5, 5.41) is 17.2. The minimum absolute atomic E-state index is 0.0917. The standard InChI is InChI=1S/C11H11N7O2S/c1-8-11(6-12-14-8)21(19,20)15-9-4-2-3-5-10(9)18-7-13-16-17-18/h2-7,15H,1H3,(H,12,14). The van der Waals surface area contributed by atoms with Gasteiger partial charge in [0, 0.05) is 0 Å². The molecule has 0 saturated carbocycles. The first-order valence-electron chi connectivity index (χ1n) is 5.93. The summed E-state index contributed by atoms with van der Waals surface area (Å²) >= 11 is 0. The second-order valence-corrected chi connectivity index (χ2v) is 5.89. The number of para-hydroxylation sites is 2. The highest BCUT2D eigenvalue weighted by molar-refractivity contribution is 7.92. The van der Waals surface area contributed by atoms with Gasteiger partial charge in [-0.1, -0.05) is 12.1 Å². The molecule has 21 heavy (non-hydrogen) atoms. The zero-order valence-electron chi connectivity index (χ0n) is 10.9. The lowest BCUT2D eigenvalue weighted by Crippen LogP contribution is -2.15. The van der Waals surface area contributed by atoms with Crippen LogP contribution >= 0.6 is 0 Å². The zero-order chi connectivity index (χ0) is 14.9. The first kappa shape index (κ1) is 13.2. The van der Waals surface area contributed by atoms with E-state index in [1.165, 1.54) is 17.2 Å². The number of benzene rings is 1. The van der Waals surface area contributed by atoms with Crippen LogP contribution in [0.4, 0.5) is 5.69 Å².